The highest BCUT2D eigenvalue weighted by Gasteiger charge is 2.01. The Hall–Kier alpha value is -2.86. The van der Waals surface area contributed by atoms with E-state index in [2.05, 4.69) is 22.7 Å². The Morgan fingerprint density at radius 3 is 2.30 bits per heavy atom. The standard InChI is InChI=1S/C17H14FN3OS/c18-15-8-6-14(7-9-15)16(22)10-5-12-1-3-13(4-2-12)11-20-21-17(19)23/h1-11H,(H3,19,21,23). The van der Waals surface area contributed by atoms with Gasteiger partial charge in [-0.2, -0.15) is 5.10 Å². The van der Waals surface area contributed by atoms with Gasteiger partial charge in [0, 0.05) is 5.56 Å². The van der Waals surface area contributed by atoms with E-state index in [-0.39, 0.29) is 16.7 Å². The molecule has 0 atom stereocenters. The van der Waals surface area contributed by atoms with Crippen LogP contribution in [0.15, 0.2) is 59.7 Å². The maximum atomic E-state index is 12.8. The average Bonchev–Trinajstić information content (AvgIpc) is 2.54. The first kappa shape index (κ1) is 16.5. The summed E-state index contributed by atoms with van der Waals surface area (Å²) in [5.41, 5.74) is 9.87. The fraction of sp³-hybridized carbons (Fsp3) is 0. The predicted molar refractivity (Wildman–Crippen MR) is 93.7 cm³/mol. The Kier molecular flexibility index (Phi) is 5.71. The van der Waals surface area contributed by atoms with Crippen LogP contribution in [0.4, 0.5) is 4.39 Å². The zero-order chi connectivity index (χ0) is 16.7. The average molecular weight is 327 g/mol. The van der Waals surface area contributed by atoms with Crippen molar-refractivity contribution in [3.8, 4) is 0 Å². The van der Waals surface area contributed by atoms with E-state index in [1.54, 1.807) is 12.3 Å². The molecular formula is C17H14FN3OS. The number of hydrogen-bond acceptors (Lipinski definition) is 3. The lowest BCUT2D eigenvalue weighted by Crippen LogP contribution is -2.23. The van der Waals surface area contributed by atoms with Crippen LogP contribution in [-0.2, 0) is 0 Å². The molecule has 2 aromatic carbocycles. The van der Waals surface area contributed by atoms with E-state index in [4.69, 9.17) is 5.73 Å². The molecule has 0 fully saturated rings. The molecule has 0 spiro atoms. The lowest BCUT2D eigenvalue weighted by Gasteiger charge is -1.98. The molecule has 0 unspecified atom stereocenters. The minimum atomic E-state index is -0.368. The smallest absolute Gasteiger partial charge is 0.185 e. The highest BCUT2D eigenvalue weighted by atomic mass is 32.1. The summed E-state index contributed by atoms with van der Waals surface area (Å²) in [6.07, 6.45) is 4.72. The molecule has 0 amide bonds. The summed E-state index contributed by atoms with van der Waals surface area (Å²) in [4.78, 5) is 11.9. The van der Waals surface area contributed by atoms with Crippen LogP contribution in [0.25, 0.3) is 6.08 Å². The van der Waals surface area contributed by atoms with E-state index in [0.29, 0.717) is 5.56 Å². The van der Waals surface area contributed by atoms with Crippen molar-refractivity contribution in [3.63, 3.8) is 0 Å². The molecule has 0 aliphatic carbocycles. The van der Waals surface area contributed by atoms with Gasteiger partial charge in [0.2, 0.25) is 0 Å². The SMILES string of the molecule is NC(=S)NN=Cc1ccc(C=CC(=O)c2ccc(F)cc2)cc1. The second-order valence-corrected chi connectivity index (χ2v) is 5.05. The van der Waals surface area contributed by atoms with Gasteiger partial charge < -0.3 is 5.73 Å². The zero-order valence-corrected chi connectivity index (χ0v) is 12.9. The number of ketones is 1. The molecular weight excluding hydrogens is 313 g/mol. The third kappa shape index (κ3) is 5.44. The number of thiocarbonyl (C=S) groups is 1. The molecule has 0 radical (unpaired) electrons. The highest BCUT2D eigenvalue weighted by Crippen LogP contribution is 2.08. The van der Waals surface area contributed by atoms with Crippen LogP contribution < -0.4 is 11.2 Å². The number of allylic oxidation sites excluding steroid dienone is 1. The number of nitrogens with one attached hydrogen (secondary N) is 1. The molecule has 0 aromatic heterocycles. The van der Waals surface area contributed by atoms with Gasteiger partial charge in [-0.1, -0.05) is 30.3 Å². The van der Waals surface area contributed by atoms with Crippen LogP contribution in [0, 0.1) is 5.82 Å². The van der Waals surface area contributed by atoms with Crippen LogP contribution >= 0.6 is 12.2 Å². The van der Waals surface area contributed by atoms with E-state index in [0.717, 1.165) is 11.1 Å². The van der Waals surface area contributed by atoms with Crippen LogP contribution in [-0.4, -0.2) is 17.1 Å². The molecule has 0 saturated carbocycles. The molecule has 0 aliphatic heterocycles. The van der Waals surface area contributed by atoms with E-state index in [1.165, 1.54) is 30.3 Å². The van der Waals surface area contributed by atoms with Crippen molar-refractivity contribution in [1.29, 1.82) is 0 Å². The van der Waals surface area contributed by atoms with Crippen molar-refractivity contribution in [2.45, 2.75) is 0 Å². The number of carbonyl (C=O) groups excluding carboxylic acids is 1. The van der Waals surface area contributed by atoms with Gasteiger partial charge in [0.15, 0.2) is 10.9 Å². The first-order chi connectivity index (χ1) is 11.0. The van der Waals surface area contributed by atoms with Crippen LogP contribution in [0.1, 0.15) is 21.5 Å². The second-order valence-electron chi connectivity index (χ2n) is 4.61. The summed E-state index contributed by atoms with van der Waals surface area (Å²) in [6, 6.07) is 12.8. The maximum Gasteiger partial charge on any atom is 0.185 e. The predicted octanol–water partition coefficient (Wildman–Crippen LogP) is 2.89. The quantitative estimate of drug-likeness (QED) is 0.291. The highest BCUT2D eigenvalue weighted by molar-refractivity contribution is 7.80. The number of halogens is 1. The van der Waals surface area contributed by atoms with Crippen LogP contribution in [0.3, 0.4) is 0 Å². The number of nitrogens with zero attached hydrogens (tertiary/aromatic N) is 1. The number of hydrazone groups is 1. The van der Waals surface area contributed by atoms with Crippen molar-refractivity contribution >= 4 is 35.4 Å². The van der Waals surface area contributed by atoms with Gasteiger partial charge in [0.05, 0.1) is 6.21 Å². The minimum Gasteiger partial charge on any atom is -0.375 e. The molecule has 4 nitrogen and oxygen atoms in total. The lowest BCUT2D eigenvalue weighted by molar-refractivity contribution is 0.104. The van der Waals surface area contributed by atoms with Crippen molar-refractivity contribution in [1.82, 2.24) is 5.43 Å². The van der Waals surface area contributed by atoms with Crippen molar-refractivity contribution < 1.29 is 9.18 Å². The van der Waals surface area contributed by atoms with Gasteiger partial charge >= 0.3 is 0 Å². The largest absolute Gasteiger partial charge is 0.375 e. The number of nitrogens with two attached hydrogens (primary N) is 1. The summed E-state index contributed by atoms with van der Waals surface area (Å²) in [7, 11) is 0. The molecule has 2 aromatic rings. The molecule has 0 aliphatic rings. The molecule has 3 N–H and O–H groups in total. The molecule has 116 valence electrons. The molecule has 0 bridgehead atoms. The van der Waals surface area contributed by atoms with Crippen molar-refractivity contribution in [2.24, 2.45) is 10.8 Å². The Labute approximate surface area is 138 Å². The Bertz CT molecular complexity index is 752. The molecule has 0 heterocycles. The molecule has 0 saturated heterocycles. The number of benzene rings is 2. The normalized spacial score (nSPS) is 11.0. The summed E-state index contributed by atoms with van der Waals surface area (Å²) in [5, 5.41) is 3.95. The van der Waals surface area contributed by atoms with Gasteiger partial charge in [0.1, 0.15) is 5.82 Å². The third-order valence-corrected chi connectivity index (χ3v) is 2.97. The van der Waals surface area contributed by atoms with Gasteiger partial charge in [-0.3, -0.25) is 10.2 Å². The van der Waals surface area contributed by atoms with Gasteiger partial charge in [-0.25, -0.2) is 4.39 Å². The van der Waals surface area contributed by atoms with Gasteiger partial charge in [0.25, 0.3) is 0 Å². The summed E-state index contributed by atoms with van der Waals surface area (Å²) in [6.45, 7) is 0. The number of rotatable bonds is 5. The van der Waals surface area contributed by atoms with Crippen LogP contribution in [0.2, 0.25) is 0 Å². The van der Waals surface area contributed by atoms with E-state index < -0.39 is 0 Å². The van der Waals surface area contributed by atoms with Crippen LogP contribution in [0.5, 0.6) is 0 Å². The van der Waals surface area contributed by atoms with E-state index in [9.17, 15) is 9.18 Å². The maximum absolute atomic E-state index is 12.8. The van der Waals surface area contributed by atoms with Crippen molar-refractivity contribution in [3.05, 3.63) is 77.1 Å². The Morgan fingerprint density at radius 2 is 1.70 bits per heavy atom. The minimum absolute atomic E-state index is 0.0973. The fourth-order valence-corrected chi connectivity index (χ4v) is 1.80. The lowest BCUT2D eigenvalue weighted by atomic mass is 10.1. The summed E-state index contributed by atoms with van der Waals surface area (Å²) < 4.78 is 12.8. The molecule has 2 rings (SSSR count). The van der Waals surface area contributed by atoms with Gasteiger partial charge in [-0.15, -0.1) is 0 Å². The van der Waals surface area contributed by atoms with E-state index in [1.807, 2.05) is 24.3 Å². The third-order valence-electron chi connectivity index (χ3n) is 2.88. The molecule has 23 heavy (non-hydrogen) atoms. The fourth-order valence-electron chi connectivity index (χ4n) is 1.75. The monoisotopic (exact) mass is 327 g/mol. The number of hydrogen-bond donors (Lipinski definition) is 2. The van der Waals surface area contributed by atoms with Gasteiger partial charge in [-0.05, 0) is 53.7 Å². The van der Waals surface area contributed by atoms with E-state index >= 15 is 0 Å². The number of carbonyl (C=O) groups is 1. The Balaban J connectivity index is 1.99. The first-order valence-corrected chi connectivity index (χ1v) is 7.12. The second kappa shape index (κ2) is 7.95. The Morgan fingerprint density at radius 1 is 1.09 bits per heavy atom. The summed E-state index contributed by atoms with van der Waals surface area (Å²) >= 11 is 4.63. The zero-order valence-electron chi connectivity index (χ0n) is 12.1. The summed E-state index contributed by atoms with van der Waals surface area (Å²) in [5.74, 6) is -0.552. The van der Waals surface area contributed by atoms with Crippen molar-refractivity contribution in [2.75, 3.05) is 0 Å². The first-order valence-electron chi connectivity index (χ1n) is 6.71. The topological polar surface area (TPSA) is 67.5 Å². The molecule has 6 heteroatoms.